The Bertz CT molecular complexity index is 996. The summed E-state index contributed by atoms with van der Waals surface area (Å²) < 4.78 is 6.89. The fourth-order valence-corrected chi connectivity index (χ4v) is 3.55. The molecule has 0 saturated carbocycles. The third-order valence-corrected chi connectivity index (χ3v) is 5.06. The van der Waals surface area contributed by atoms with Gasteiger partial charge in [-0.05, 0) is 31.0 Å². The molecule has 1 aromatic carbocycles. The number of nitrogens with one attached hydrogen (secondary N) is 1. The smallest absolute Gasteiger partial charge is 0.229 e. The average Bonchev–Trinajstić information content (AvgIpc) is 3.29. The predicted molar refractivity (Wildman–Crippen MR) is 109 cm³/mol. The summed E-state index contributed by atoms with van der Waals surface area (Å²) in [6, 6.07) is 6.99. The number of carbonyl (C=O) groups is 1. The molecule has 0 radical (unpaired) electrons. The van der Waals surface area contributed by atoms with E-state index >= 15 is 0 Å². The molecule has 1 fully saturated rings. The maximum Gasteiger partial charge on any atom is 0.229 e. The van der Waals surface area contributed by atoms with E-state index in [1.165, 1.54) is 12.7 Å². The van der Waals surface area contributed by atoms with Crippen molar-refractivity contribution in [2.75, 3.05) is 30.4 Å². The maximum absolute atomic E-state index is 12.9. The molecule has 1 saturated heterocycles. The zero-order valence-electron chi connectivity index (χ0n) is 15.8. The third-order valence-electron chi connectivity index (χ3n) is 4.83. The molecular weight excluding hydrogens is 394 g/mol. The second kappa shape index (κ2) is 8.44. The van der Waals surface area contributed by atoms with Crippen LogP contribution < -0.4 is 15.0 Å². The fourth-order valence-electron chi connectivity index (χ4n) is 3.37. The van der Waals surface area contributed by atoms with Gasteiger partial charge in [0.25, 0.3) is 0 Å². The van der Waals surface area contributed by atoms with Crippen LogP contribution in [-0.2, 0) is 4.79 Å². The van der Waals surface area contributed by atoms with Crippen molar-refractivity contribution in [3.05, 3.63) is 48.3 Å². The first-order chi connectivity index (χ1) is 14.1. The Morgan fingerprint density at radius 1 is 1.24 bits per heavy atom. The van der Waals surface area contributed by atoms with Crippen LogP contribution in [0.4, 0.5) is 11.5 Å². The highest BCUT2D eigenvalue weighted by atomic mass is 35.5. The molecule has 0 bridgehead atoms. The summed E-state index contributed by atoms with van der Waals surface area (Å²) in [5, 5.41) is 7.58. The van der Waals surface area contributed by atoms with Gasteiger partial charge >= 0.3 is 0 Å². The van der Waals surface area contributed by atoms with Gasteiger partial charge in [-0.2, -0.15) is 5.10 Å². The topological polar surface area (TPSA) is 98.1 Å². The van der Waals surface area contributed by atoms with Crippen LogP contribution in [0.2, 0.25) is 5.02 Å². The van der Waals surface area contributed by atoms with Crippen molar-refractivity contribution in [1.82, 2.24) is 24.7 Å². The molecule has 1 aliphatic rings. The Balaban J connectivity index is 1.48. The lowest BCUT2D eigenvalue weighted by molar-refractivity contribution is -0.120. The van der Waals surface area contributed by atoms with Gasteiger partial charge in [-0.1, -0.05) is 11.6 Å². The van der Waals surface area contributed by atoms with E-state index in [1.807, 2.05) is 6.07 Å². The van der Waals surface area contributed by atoms with Gasteiger partial charge in [0.05, 0.1) is 18.7 Å². The van der Waals surface area contributed by atoms with Crippen molar-refractivity contribution >= 4 is 29.0 Å². The molecule has 1 aliphatic heterocycles. The first-order valence-electron chi connectivity index (χ1n) is 9.20. The van der Waals surface area contributed by atoms with Crippen molar-refractivity contribution < 1.29 is 9.53 Å². The van der Waals surface area contributed by atoms with Crippen molar-refractivity contribution in [2.24, 2.45) is 5.92 Å². The van der Waals surface area contributed by atoms with E-state index in [1.54, 1.807) is 36.3 Å². The van der Waals surface area contributed by atoms with E-state index in [4.69, 9.17) is 16.3 Å². The first kappa shape index (κ1) is 19.1. The number of carbonyl (C=O) groups excluding carboxylic acids is 1. The SMILES string of the molecule is COc1ccc(Cl)cc1NC(=O)[C@@H]1CCCN(c2cc(-n3cncn3)ncn2)C1. The van der Waals surface area contributed by atoms with Crippen molar-refractivity contribution in [2.45, 2.75) is 12.8 Å². The number of nitrogens with zero attached hydrogens (tertiary/aromatic N) is 6. The molecule has 0 unspecified atom stereocenters. The van der Waals surface area contributed by atoms with E-state index in [0.29, 0.717) is 28.8 Å². The van der Waals surface area contributed by atoms with Gasteiger partial charge in [0.2, 0.25) is 5.91 Å². The summed E-state index contributed by atoms with van der Waals surface area (Å²) in [5.74, 6) is 1.70. The fraction of sp³-hybridized carbons (Fsp3) is 0.316. The number of amides is 1. The molecule has 3 heterocycles. The molecule has 1 amide bonds. The highest BCUT2D eigenvalue weighted by molar-refractivity contribution is 6.31. The van der Waals surface area contributed by atoms with Crippen LogP contribution in [0, 0.1) is 5.92 Å². The summed E-state index contributed by atoms with van der Waals surface area (Å²) in [5.41, 5.74) is 0.567. The molecule has 0 spiro atoms. The minimum Gasteiger partial charge on any atom is -0.495 e. The second-order valence-corrected chi connectivity index (χ2v) is 7.13. The number of rotatable bonds is 5. The summed E-state index contributed by atoms with van der Waals surface area (Å²) >= 11 is 6.06. The number of aromatic nitrogens is 5. The van der Waals surface area contributed by atoms with Crippen LogP contribution in [-0.4, -0.2) is 50.8 Å². The Morgan fingerprint density at radius 3 is 2.90 bits per heavy atom. The zero-order valence-corrected chi connectivity index (χ0v) is 16.6. The van der Waals surface area contributed by atoms with Gasteiger partial charge in [-0.3, -0.25) is 4.79 Å². The number of hydrogen-bond acceptors (Lipinski definition) is 7. The van der Waals surface area contributed by atoms with E-state index in [0.717, 1.165) is 25.2 Å². The van der Waals surface area contributed by atoms with Crippen LogP contribution >= 0.6 is 11.6 Å². The largest absolute Gasteiger partial charge is 0.495 e. The number of hydrogen-bond donors (Lipinski definition) is 1. The number of piperidine rings is 1. The molecular formula is C19H20ClN7O2. The van der Waals surface area contributed by atoms with E-state index < -0.39 is 0 Å². The molecule has 29 heavy (non-hydrogen) atoms. The lowest BCUT2D eigenvalue weighted by Gasteiger charge is -2.33. The molecule has 10 heteroatoms. The first-order valence-corrected chi connectivity index (χ1v) is 9.58. The number of ether oxygens (including phenoxy) is 1. The molecule has 3 aromatic rings. The van der Waals surface area contributed by atoms with Crippen molar-refractivity contribution in [3.63, 3.8) is 0 Å². The molecule has 150 valence electrons. The standard InChI is InChI=1S/C19H20ClN7O2/c1-29-16-5-4-14(20)7-15(16)25-19(28)13-3-2-6-26(9-13)17-8-18(23-11-22-17)27-12-21-10-24-27/h4-5,7-8,10-13H,2-3,6,9H2,1H3,(H,25,28)/t13-/m1/s1. The molecule has 1 atom stereocenters. The number of anilines is 2. The molecule has 0 aliphatic carbocycles. The van der Waals surface area contributed by atoms with E-state index in [-0.39, 0.29) is 11.8 Å². The van der Waals surface area contributed by atoms with Gasteiger partial charge in [-0.25, -0.2) is 19.6 Å². The van der Waals surface area contributed by atoms with Gasteiger partial charge in [-0.15, -0.1) is 0 Å². The minimum absolute atomic E-state index is 0.0687. The average molecular weight is 414 g/mol. The van der Waals surface area contributed by atoms with Gasteiger partial charge in [0, 0.05) is 24.2 Å². The minimum atomic E-state index is -0.183. The van der Waals surface area contributed by atoms with Gasteiger partial charge in [0.1, 0.15) is 30.5 Å². The summed E-state index contributed by atoms with van der Waals surface area (Å²) in [7, 11) is 1.56. The van der Waals surface area contributed by atoms with E-state index in [2.05, 4.69) is 30.3 Å². The Kier molecular flexibility index (Phi) is 5.57. The van der Waals surface area contributed by atoms with Crippen LogP contribution in [0.3, 0.4) is 0 Å². The molecule has 4 rings (SSSR count). The Morgan fingerprint density at radius 2 is 2.10 bits per heavy atom. The quantitative estimate of drug-likeness (QED) is 0.686. The molecule has 9 nitrogen and oxygen atoms in total. The molecule has 1 N–H and O–H groups in total. The second-order valence-electron chi connectivity index (χ2n) is 6.69. The lowest BCUT2D eigenvalue weighted by atomic mass is 9.97. The number of methoxy groups -OCH3 is 1. The van der Waals surface area contributed by atoms with Crippen LogP contribution in [0.25, 0.3) is 5.82 Å². The summed E-state index contributed by atoms with van der Waals surface area (Å²) in [4.78, 5) is 27.5. The van der Waals surface area contributed by atoms with Crippen molar-refractivity contribution in [3.8, 4) is 11.6 Å². The highest BCUT2D eigenvalue weighted by Crippen LogP contribution is 2.29. The van der Waals surface area contributed by atoms with Gasteiger partial charge < -0.3 is 15.0 Å². The highest BCUT2D eigenvalue weighted by Gasteiger charge is 2.27. The normalized spacial score (nSPS) is 16.5. The van der Waals surface area contributed by atoms with Gasteiger partial charge in [0.15, 0.2) is 5.82 Å². The van der Waals surface area contributed by atoms with Crippen LogP contribution in [0.1, 0.15) is 12.8 Å². The number of benzene rings is 1. The lowest BCUT2D eigenvalue weighted by Crippen LogP contribution is -2.41. The summed E-state index contributed by atoms with van der Waals surface area (Å²) in [6.45, 7) is 1.38. The van der Waals surface area contributed by atoms with E-state index in [9.17, 15) is 4.79 Å². The summed E-state index contributed by atoms with van der Waals surface area (Å²) in [6.07, 6.45) is 6.20. The molecule has 2 aromatic heterocycles. The monoisotopic (exact) mass is 413 g/mol. The van der Waals surface area contributed by atoms with Crippen molar-refractivity contribution in [1.29, 1.82) is 0 Å². The Labute approximate surface area is 172 Å². The maximum atomic E-state index is 12.9. The third kappa shape index (κ3) is 4.29. The predicted octanol–water partition coefficient (Wildman–Crippen LogP) is 2.57. The Hall–Kier alpha value is -3.20. The van der Waals surface area contributed by atoms with Crippen LogP contribution in [0.15, 0.2) is 43.2 Å². The number of halogens is 1. The van der Waals surface area contributed by atoms with Crippen LogP contribution in [0.5, 0.6) is 5.75 Å². The zero-order chi connectivity index (χ0) is 20.2.